The topological polar surface area (TPSA) is 78.7 Å². The largest absolute Gasteiger partial charge is 0.359 e. The number of hydrogen-bond donors (Lipinski definition) is 2. The number of hydrogen-bond acceptors (Lipinski definition) is 4. The van der Waals surface area contributed by atoms with Gasteiger partial charge in [-0.25, -0.2) is 0 Å². The quantitative estimate of drug-likeness (QED) is 0.661. The van der Waals surface area contributed by atoms with Gasteiger partial charge in [0.25, 0.3) is 0 Å². The maximum absolute atomic E-state index is 11.9. The van der Waals surface area contributed by atoms with Gasteiger partial charge in [0.15, 0.2) is 0 Å². The van der Waals surface area contributed by atoms with Gasteiger partial charge in [-0.3, -0.25) is 14.5 Å². The summed E-state index contributed by atoms with van der Waals surface area (Å²) in [5.74, 6) is 0.0213. The van der Waals surface area contributed by atoms with Crippen molar-refractivity contribution >= 4 is 11.8 Å². The second kappa shape index (κ2) is 7.33. The standard InChI is InChI=1S/C12H24N4O2/c1-14-11(17)5-6-15(2)12(18)9-16-7-3-10(13)4-8-16/h10H,3-9,13H2,1-2H3,(H,14,17). The monoisotopic (exact) mass is 256 g/mol. The summed E-state index contributed by atoms with van der Waals surface area (Å²) in [7, 11) is 3.34. The predicted molar refractivity (Wildman–Crippen MR) is 70.0 cm³/mol. The average molecular weight is 256 g/mol. The van der Waals surface area contributed by atoms with E-state index < -0.39 is 0 Å². The second-order valence-corrected chi connectivity index (χ2v) is 4.85. The highest BCUT2D eigenvalue weighted by molar-refractivity contribution is 5.80. The number of nitrogens with two attached hydrogens (primary N) is 1. The van der Waals surface area contributed by atoms with Crippen LogP contribution in [0.25, 0.3) is 0 Å². The highest BCUT2D eigenvalue weighted by Crippen LogP contribution is 2.08. The zero-order chi connectivity index (χ0) is 13.5. The Bertz CT molecular complexity index is 288. The average Bonchev–Trinajstić information content (AvgIpc) is 2.38. The van der Waals surface area contributed by atoms with E-state index in [1.165, 1.54) is 0 Å². The van der Waals surface area contributed by atoms with E-state index in [4.69, 9.17) is 5.73 Å². The van der Waals surface area contributed by atoms with Crippen LogP contribution < -0.4 is 11.1 Å². The summed E-state index contributed by atoms with van der Waals surface area (Å²) in [6.45, 7) is 2.66. The van der Waals surface area contributed by atoms with Crippen molar-refractivity contribution in [2.24, 2.45) is 5.73 Å². The van der Waals surface area contributed by atoms with Gasteiger partial charge in [-0.1, -0.05) is 0 Å². The first-order valence-electron chi connectivity index (χ1n) is 6.45. The van der Waals surface area contributed by atoms with Gasteiger partial charge in [-0.05, 0) is 12.8 Å². The highest BCUT2D eigenvalue weighted by atomic mass is 16.2. The summed E-state index contributed by atoms with van der Waals surface area (Å²) in [6.07, 6.45) is 2.26. The molecule has 6 heteroatoms. The lowest BCUT2D eigenvalue weighted by Gasteiger charge is -2.30. The van der Waals surface area contributed by atoms with Gasteiger partial charge >= 0.3 is 0 Å². The van der Waals surface area contributed by atoms with E-state index in [0.29, 0.717) is 19.5 Å². The molecule has 0 bridgehead atoms. The second-order valence-electron chi connectivity index (χ2n) is 4.85. The van der Waals surface area contributed by atoms with Crippen LogP contribution in [0.1, 0.15) is 19.3 Å². The van der Waals surface area contributed by atoms with E-state index in [0.717, 1.165) is 25.9 Å². The molecule has 1 heterocycles. The maximum atomic E-state index is 11.9. The third kappa shape index (κ3) is 5.01. The van der Waals surface area contributed by atoms with Crippen molar-refractivity contribution in [2.45, 2.75) is 25.3 Å². The molecule has 1 aliphatic heterocycles. The summed E-state index contributed by atoms with van der Waals surface area (Å²) in [5.41, 5.74) is 5.82. The molecule has 0 aromatic carbocycles. The number of likely N-dealkylation sites (N-methyl/N-ethyl adjacent to an activating group) is 1. The molecule has 6 nitrogen and oxygen atoms in total. The smallest absolute Gasteiger partial charge is 0.236 e. The van der Waals surface area contributed by atoms with E-state index in [9.17, 15) is 9.59 Å². The molecule has 1 rings (SSSR count). The van der Waals surface area contributed by atoms with Crippen molar-refractivity contribution in [3.05, 3.63) is 0 Å². The van der Waals surface area contributed by atoms with Gasteiger partial charge in [0.05, 0.1) is 6.54 Å². The summed E-state index contributed by atoms with van der Waals surface area (Å²) in [5, 5.41) is 2.54. The third-order valence-electron chi connectivity index (χ3n) is 3.37. The van der Waals surface area contributed by atoms with Crippen LogP contribution in [0.3, 0.4) is 0 Å². The summed E-state index contributed by atoms with van der Waals surface area (Å²) in [6, 6.07) is 0.280. The van der Waals surface area contributed by atoms with Crippen LogP contribution in [-0.4, -0.2) is 67.9 Å². The molecule has 1 aliphatic rings. The molecule has 0 aromatic heterocycles. The van der Waals surface area contributed by atoms with Crippen molar-refractivity contribution in [3.63, 3.8) is 0 Å². The molecule has 1 fully saturated rings. The van der Waals surface area contributed by atoms with Gasteiger partial charge in [0.2, 0.25) is 11.8 Å². The molecule has 0 aromatic rings. The van der Waals surface area contributed by atoms with Crippen LogP contribution in [0.15, 0.2) is 0 Å². The Kier molecular flexibility index (Phi) is 6.07. The molecule has 18 heavy (non-hydrogen) atoms. The van der Waals surface area contributed by atoms with Crippen LogP contribution in [0, 0.1) is 0 Å². The fraction of sp³-hybridized carbons (Fsp3) is 0.833. The Labute approximate surface area is 108 Å². The molecule has 1 saturated heterocycles. The first kappa shape index (κ1) is 14.9. The van der Waals surface area contributed by atoms with E-state index in [1.54, 1.807) is 19.0 Å². The number of carbonyl (C=O) groups excluding carboxylic acids is 2. The van der Waals surface area contributed by atoms with Crippen LogP contribution >= 0.6 is 0 Å². The minimum Gasteiger partial charge on any atom is -0.359 e. The Morgan fingerprint density at radius 1 is 1.39 bits per heavy atom. The van der Waals surface area contributed by atoms with Crippen molar-refractivity contribution in [2.75, 3.05) is 40.3 Å². The number of carbonyl (C=O) groups is 2. The number of nitrogens with one attached hydrogen (secondary N) is 1. The SMILES string of the molecule is CNC(=O)CCN(C)C(=O)CN1CCC(N)CC1. The number of amides is 2. The minimum atomic E-state index is -0.0430. The number of rotatable bonds is 5. The van der Waals surface area contributed by atoms with E-state index in [2.05, 4.69) is 10.2 Å². The molecular formula is C12H24N4O2. The van der Waals surface area contributed by atoms with Gasteiger partial charge < -0.3 is 16.0 Å². The Morgan fingerprint density at radius 3 is 2.56 bits per heavy atom. The molecule has 0 unspecified atom stereocenters. The predicted octanol–water partition coefficient (Wildman–Crippen LogP) is -0.996. The Balaban J connectivity index is 2.25. The van der Waals surface area contributed by atoms with Crippen molar-refractivity contribution in [1.82, 2.24) is 15.1 Å². The lowest BCUT2D eigenvalue weighted by atomic mass is 10.1. The molecule has 3 N–H and O–H groups in total. The summed E-state index contributed by atoms with van der Waals surface area (Å²) >= 11 is 0. The van der Waals surface area contributed by atoms with E-state index in [-0.39, 0.29) is 17.9 Å². The van der Waals surface area contributed by atoms with Crippen molar-refractivity contribution in [1.29, 1.82) is 0 Å². The molecule has 104 valence electrons. The number of likely N-dealkylation sites (tertiary alicyclic amines) is 1. The number of nitrogens with zero attached hydrogens (tertiary/aromatic N) is 2. The Hall–Kier alpha value is -1.14. The zero-order valence-electron chi connectivity index (χ0n) is 11.3. The molecule has 0 aliphatic carbocycles. The van der Waals surface area contributed by atoms with E-state index >= 15 is 0 Å². The molecule has 0 saturated carbocycles. The summed E-state index contributed by atoms with van der Waals surface area (Å²) in [4.78, 5) is 26.7. The molecule has 0 atom stereocenters. The minimum absolute atomic E-state index is 0.0430. The first-order valence-corrected chi connectivity index (χ1v) is 6.45. The number of piperidine rings is 1. The molecule has 0 radical (unpaired) electrons. The molecule has 0 spiro atoms. The van der Waals surface area contributed by atoms with Crippen LogP contribution in [0.4, 0.5) is 0 Å². The first-order chi connectivity index (χ1) is 8.52. The highest BCUT2D eigenvalue weighted by Gasteiger charge is 2.19. The molecule has 2 amide bonds. The summed E-state index contributed by atoms with van der Waals surface area (Å²) < 4.78 is 0. The van der Waals surface area contributed by atoms with Gasteiger partial charge in [-0.2, -0.15) is 0 Å². The fourth-order valence-electron chi connectivity index (χ4n) is 1.94. The van der Waals surface area contributed by atoms with Crippen molar-refractivity contribution < 1.29 is 9.59 Å². The lowest BCUT2D eigenvalue weighted by molar-refractivity contribution is -0.132. The van der Waals surface area contributed by atoms with Gasteiger partial charge in [-0.15, -0.1) is 0 Å². The van der Waals surface area contributed by atoms with Gasteiger partial charge in [0, 0.05) is 46.2 Å². The normalized spacial score (nSPS) is 17.5. The maximum Gasteiger partial charge on any atom is 0.236 e. The molecular weight excluding hydrogens is 232 g/mol. The fourth-order valence-corrected chi connectivity index (χ4v) is 1.94. The van der Waals surface area contributed by atoms with Crippen LogP contribution in [0.5, 0.6) is 0 Å². The van der Waals surface area contributed by atoms with Crippen LogP contribution in [-0.2, 0) is 9.59 Å². The zero-order valence-corrected chi connectivity index (χ0v) is 11.3. The van der Waals surface area contributed by atoms with Crippen molar-refractivity contribution in [3.8, 4) is 0 Å². The Morgan fingerprint density at radius 2 is 2.00 bits per heavy atom. The van der Waals surface area contributed by atoms with Crippen LogP contribution in [0.2, 0.25) is 0 Å². The third-order valence-corrected chi connectivity index (χ3v) is 3.37. The van der Waals surface area contributed by atoms with E-state index in [1.807, 2.05) is 0 Å². The lowest BCUT2D eigenvalue weighted by Crippen LogP contribution is -2.45. The van der Waals surface area contributed by atoms with Gasteiger partial charge in [0.1, 0.15) is 0 Å².